The monoisotopic (exact) mass is 792 g/mol. The minimum atomic E-state index is -1.17. The summed E-state index contributed by atoms with van der Waals surface area (Å²) in [5, 5.41) is 15.9. The van der Waals surface area contributed by atoms with Crippen molar-refractivity contribution in [1.82, 2.24) is 21.3 Å². The van der Waals surface area contributed by atoms with E-state index in [1.165, 1.54) is 0 Å². The van der Waals surface area contributed by atoms with Gasteiger partial charge >= 0.3 is 0 Å². The number of rotatable bonds is 10. The highest BCUT2D eigenvalue weighted by Gasteiger charge is 2.32. The zero-order valence-corrected chi connectivity index (χ0v) is 32.4. The summed E-state index contributed by atoms with van der Waals surface area (Å²) < 4.78 is 11.8. The Kier molecular flexibility index (Phi) is 16.6. The number of guanidine groups is 1. The van der Waals surface area contributed by atoms with Crippen molar-refractivity contribution >= 4 is 52.0 Å². The van der Waals surface area contributed by atoms with Gasteiger partial charge < -0.3 is 47.5 Å². The fourth-order valence-corrected chi connectivity index (χ4v) is 6.40. The first-order valence-corrected chi connectivity index (χ1v) is 19.5. The first kappa shape index (κ1) is 42.8. The smallest absolute Gasteiger partial charge is 0.251 e. The lowest BCUT2D eigenvalue weighted by Crippen LogP contribution is -2.59. The standard InChI is InChI=1S/C43H52N8O7/c44-43(45)46-23-12-21-34-39(53)51-37(42(56)47-33-20-11-18-30-15-7-8-19-32(30)33)28-58-25-10-9-24-57-26-22-35(48-38(52)31-16-5-2-6-17-31)40(54)50-36(41(55)49-34)27-29-13-3-1-4-14-29/h1-8,11,13-20,34-37H,9-10,12,21-28H2,(H,47,56)(H,48,52)(H,49,55)(H,50,54)(H,51,53)(H4,44,45,46). The molecule has 1 aliphatic rings. The number of hydrogen-bond donors (Lipinski definition) is 7. The largest absolute Gasteiger partial charge is 0.381 e. The van der Waals surface area contributed by atoms with E-state index in [2.05, 4.69) is 31.6 Å². The van der Waals surface area contributed by atoms with Crippen molar-refractivity contribution in [2.75, 3.05) is 38.3 Å². The number of aliphatic imine (C=N–C) groups is 1. The Morgan fingerprint density at radius 1 is 0.724 bits per heavy atom. The topological polar surface area (TPSA) is 228 Å². The molecule has 1 heterocycles. The normalized spacial score (nSPS) is 20.2. The minimum Gasteiger partial charge on any atom is -0.381 e. The van der Waals surface area contributed by atoms with E-state index >= 15 is 0 Å². The molecule has 0 aromatic heterocycles. The lowest BCUT2D eigenvalue weighted by Gasteiger charge is -2.27. The van der Waals surface area contributed by atoms with Gasteiger partial charge in [0.1, 0.15) is 24.2 Å². The summed E-state index contributed by atoms with van der Waals surface area (Å²) >= 11 is 0. The summed E-state index contributed by atoms with van der Waals surface area (Å²) in [5.41, 5.74) is 12.7. The molecule has 58 heavy (non-hydrogen) atoms. The predicted octanol–water partition coefficient (Wildman–Crippen LogP) is 2.54. The highest BCUT2D eigenvalue weighted by atomic mass is 16.5. The number of nitrogens with two attached hydrogens (primary N) is 2. The third-order valence-corrected chi connectivity index (χ3v) is 9.49. The summed E-state index contributed by atoms with van der Waals surface area (Å²) in [6, 6.07) is 26.2. The van der Waals surface area contributed by atoms with E-state index in [1.54, 1.807) is 36.4 Å². The molecular weight excluding hydrogens is 741 g/mol. The number of hydrogen-bond acceptors (Lipinski definition) is 8. The Labute approximate surface area is 337 Å². The predicted molar refractivity (Wildman–Crippen MR) is 222 cm³/mol. The summed E-state index contributed by atoms with van der Waals surface area (Å²) in [7, 11) is 0. The number of carbonyl (C=O) groups is 5. The minimum absolute atomic E-state index is 0.0699. The van der Waals surface area contributed by atoms with E-state index in [9.17, 15) is 24.0 Å². The zero-order valence-electron chi connectivity index (χ0n) is 32.4. The molecule has 0 aliphatic carbocycles. The number of nitrogens with one attached hydrogen (secondary N) is 5. The maximum Gasteiger partial charge on any atom is 0.251 e. The summed E-state index contributed by atoms with van der Waals surface area (Å²) in [5.74, 6) is -3.01. The molecule has 5 amide bonds. The highest BCUT2D eigenvalue weighted by molar-refractivity contribution is 6.05. The molecule has 15 nitrogen and oxygen atoms in total. The molecule has 1 saturated heterocycles. The molecule has 4 atom stereocenters. The molecule has 4 aromatic rings. The highest BCUT2D eigenvalue weighted by Crippen LogP contribution is 2.23. The number of amides is 5. The van der Waals surface area contributed by atoms with Crippen LogP contribution in [0.1, 0.15) is 48.0 Å². The van der Waals surface area contributed by atoms with Gasteiger partial charge in [0.15, 0.2) is 5.96 Å². The molecule has 0 bridgehead atoms. The molecule has 1 aliphatic heterocycles. The summed E-state index contributed by atoms with van der Waals surface area (Å²) in [4.78, 5) is 73.5. The number of nitrogens with zero attached hydrogens (tertiary/aromatic N) is 1. The number of ether oxygens (including phenoxy) is 2. The SMILES string of the molecule is NC(N)=NCCCC1NC(=O)C(Cc2ccccc2)NC(=O)C(NC(=O)c2ccccc2)CCOCCCCOCC(C(=O)Nc2cccc3ccccc23)NC1=O. The van der Waals surface area contributed by atoms with Crippen molar-refractivity contribution < 1.29 is 33.4 Å². The maximum absolute atomic E-state index is 14.2. The van der Waals surface area contributed by atoms with Gasteiger partial charge in [-0.2, -0.15) is 0 Å². The first-order chi connectivity index (χ1) is 28.2. The summed E-state index contributed by atoms with van der Waals surface area (Å²) in [6.45, 7) is 0.802. The van der Waals surface area contributed by atoms with Gasteiger partial charge in [0.2, 0.25) is 23.6 Å². The van der Waals surface area contributed by atoms with Gasteiger partial charge in [-0.3, -0.25) is 29.0 Å². The van der Waals surface area contributed by atoms with Gasteiger partial charge in [-0.15, -0.1) is 0 Å². The maximum atomic E-state index is 14.2. The Morgan fingerprint density at radius 3 is 2.14 bits per heavy atom. The first-order valence-electron chi connectivity index (χ1n) is 19.5. The third-order valence-electron chi connectivity index (χ3n) is 9.49. The number of anilines is 1. The van der Waals surface area contributed by atoms with Crippen LogP contribution in [0.3, 0.4) is 0 Å². The molecular formula is C43H52N8O7. The van der Waals surface area contributed by atoms with Crippen molar-refractivity contribution in [3.63, 3.8) is 0 Å². The Balaban J connectivity index is 1.42. The van der Waals surface area contributed by atoms with Gasteiger partial charge in [-0.25, -0.2) is 0 Å². The second kappa shape index (κ2) is 22.4. The average molecular weight is 793 g/mol. The van der Waals surface area contributed by atoms with Crippen molar-refractivity contribution in [3.8, 4) is 0 Å². The van der Waals surface area contributed by atoms with Crippen molar-refractivity contribution in [2.24, 2.45) is 16.5 Å². The van der Waals surface area contributed by atoms with Crippen LogP contribution < -0.4 is 38.1 Å². The van der Waals surface area contributed by atoms with Crippen LogP contribution in [0.25, 0.3) is 10.8 Å². The van der Waals surface area contributed by atoms with Crippen LogP contribution in [0.15, 0.2) is 108 Å². The number of benzene rings is 4. The van der Waals surface area contributed by atoms with Crippen molar-refractivity contribution in [2.45, 2.75) is 62.7 Å². The van der Waals surface area contributed by atoms with Crippen LogP contribution in [0.5, 0.6) is 0 Å². The molecule has 0 saturated carbocycles. The van der Waals surface area contributed by atoms with Crippen LogP contribution >= 0.6 is 0 Å². The van der Waals surface area contributed by atoms with Crippen LogP contribution in [0.4, 0.5) is 5.69 Å². The molecule has 4 unspecified atom stereocenters. The Bertz CT molecular complexity index is 2000. The molecule has 306 valence electrons. The number of fused-ring (bicyclic) bond motifs is 1. The third kappa shape index (κ3) is 13.4. The lowest BCUT2D eigenvalue weighted by molar-refractivity contribution is -0.134. The van der Waals surface area contributed by atoms with Crippen molar-refractivity contribution in [1.29, 1.82) is 0 Å². The molecule has 4 aromatic carbocycles. The Morgan fingerprint density at radius 2 is 1.38 bits per heavy atom. The fraction of sp³-hybridized carbons (Fsp3) is 0.349. The second-order valence-electron chi connectivity index (χ2n) is 13.9. The van der Waals surface area contributed by atoms with E-state index in [-0.39, 0.29) is 51.6 Å². The van der Waals surface area contributed by atoms with Gasteiger partial charge in [-0.05, 0) is 61.3 Å². The van der Waals surface area contributed by atoms with Crippen LogP contribution in [0.2, 0.25) is 0 Å². The Hall–Kier alpha value is -6.32. The average Bonchev–Trinajstić information content (AvgIpc) is 3.23. The fourth-order valence-electron chi connectivity index (χ4n) is 6.40. The number of carbonyl (C=O) groups excluding carboxylic acids is 5. The van der Waals surface area contributed by atoms with Gasteiger partial charge in [0, 0.05) is 49.4 Å². The van der Waals surface area contributed by atoms with E-state index in [0.29, 0.717) is 37.1 Å². The molecule has 1 fully saturated rings. The molecule has 5 rings (SSSR count). The summed E-state index contributed by atoms with van der Waals surface area (Å²) in [6.07, 6.45) is 1.78. The molecule has 15 heteroatoms. The van der Waals surface area contributed by atoms with Crippen molar-refractivity contribution in [3.05, 3.63) is 114 Å². The van der Waals surface area contributed by atoms with E-state index in [4.69, 9.17) is 20.9 Å². The quantitative estimate of drug-likeness (QED) is 0.0710. The van der Waals surface area contributed by atoms with Crippen LogP contribution in [0, 0.1) is 0 Å². The molecule has 0 spiro atoms. The lowest BCUT2D eigenvalue weighted by atomic mass is 10.0. The molecule has 9 N–H and O–H groups in total. The van der Waals surface area contributed by atoms with E-state index < -0.39 is 53.7 Å². The van der Waals surface area contributed by atoms with Gasteiger partial charge in [0.05, 0.1) is 6.61 Å². The van der Waals surface area contributed by atoms with Gasteiger partial charge in [0.25, 0.3) is 5.91 Å². The molecule has 0 radical (unpaired) electrons. The van der Waals surface area contributed by atoms with E-state index in [0.717, 1.165) is 16.3 Å². The zero-order chi connectivity index (χ0) is 41.1. The van der Waals surface area contributed by atoms with Crippen LogP contribution in [-0.2, 0) is 35.1 Å². The van der Waals surface area contributed by atoms with Crippen LogP contribution in [-0.4, -0.2) is 92.6 Å². The second-order valence-corrected chi connectivity index (χ2v) is 13.9. The van der Waals surface area contributed by atoms with Gasteiger partial charge in [-0.1, -0.05) is 84.9 Å². The van der Waals surface area contributed by atoms with E-state index in [1.807, 2.05) is 66.7 Å².